The Morgan fingerprint density at radius 3 is 2.30 bits per heavy atom. The van der Waals surface area contributed by atoms with E-state index in [1.165, 1.54) is 29.7 Å². The molecule has 1 aliphatic heterocycles. The van der Waals surface area contributed by atoms with Gasteiger partial charge in [0.2, 0.25) is 11.8 Å². The van der Waals surface area contributed by atoms with Gasteiger partial charge in [-0.2, -0.15) is 0 Å². The van der Waals surface area contributed by atoms with E-state index in [0.29, 0.717) is 22.9 Å². The lowest BCUT2D eigenvalue weighted by Crippen LogP contribution is -2.46. The van der Waals surface area contributed by atoms with Crippen LogP contribution in [0.2, 0.25) is 10.0 Å². The highest BCUT2D eigenvalue weighted by Gasteiger charge is 2.33. The van der Waals surface area contributed by atoms with Crippen LogP contribution in [0.4, 0.5) is 5.69 Å². The highest BCUT2D eigenvalue weighted by molar-refractivity contribution is 7.99. The number of benzene rings is 2. The van der Waals surface area contributed by atoms with Crippen molar-refractivity contribution in [1.29, 1.82) is 0 Å². The van der Waals surface area contributed by atoms with Crippen molar-refractivity contribution in [2.45, 2.75) is 13.0 Å². The second kappa shape index (κ2) is 10.7. The fourth-order valence-electron chi connectivity index (χ4n) is 3.08. The van der Waals surface area contributed by atoms with Crippen LogP contribution in [0.5, 0.6) is 0 Å². The van der Waals surface area contributed by atoms with Crippen molar-refractivity contribution in [2.75, 3.05) is 16.9 Å². The predicted molar refractivity (Wildman–Crippen MR) is 128 cm³/mol. The minimum Gasteiger partial charge on any atom is -0.477 e. The van der Waals surface area contributed by atoms with Gasteiger partial charge < -0.3 is 20.6 Å². The molecule has 2 aromatic carbocycles. The van der Waals surface area contributed by atoms with Gasteiger partial charge in [-0.25, -0.2) is 4.79 Å². The summed E-state index contributed by atoms with van der Waals surface area (Å²) in [5, 5.41) is 15.0. The zero-order valence-electron chi connectivity index (χ0n) is 17.3. The summed E-state index contributed by atoms with van der Waals surface area (Å²) in [7, 11) is 0. The summed E-state index contributed by atoms with van der Waals surface area (Å²) in [5.41, 5.74) is 0.727. The maximum atomic E-state index is 12.5. The molecule has 1 saturated heterocycles. The summed E-state index contributed by atoms with van der Waals surface area (Å²) in [6.45, 7) is 1.36. The highest BCUT2D eigenvalue weighted by Crippen LogP contribution is 2.25. The Morgan fingerprint density at radius 2 is 1.73 bits per heavy atom. The average Bonchev–Trinajstić information content (AvgIpc) is 3.25. The number of carbonyl (C=O) groups is 4. The van der Waals surface area contributed by atoms with E-state index in [-0.39, 0.29) is 27.2 Å². The first-order valence-electron chi connectivity index (χ1n) is 9.63. The molecule has 0 aliphatic carbocycles. The molecule has 1 heterocycles. The van der Waals surface area contributed by atoms with Crippen LogP contribution in [0.1, 0.15) is 22.8 Å². The molecule has 11 heteroatoms. The van der Waals surface area contributed by atoms with Crippen LogP contribution in [-0.2, 0) is 14.4 Å². The number of nitrogens with zero attached hydrogens (tertiary/aromatic N) is 1. The predicted octanol–water partition coefficient (Wildman–Crippen LogP) is 3.71. The molecule has 3 N–H and O–H groups in total. The zero-order chi connectivity index (χ0) is 24.1. The van der Waals surface area contributed by atoms with Gasteiger partial charge >= 0.3 is 5.97 Å². The SMILES string of the molecule is CC(=O)N1CSC[C@H]1C(=O)N/C(=C\c1ccc(NC(=O)c2c(Cl)cccc2Cl)cc1)C(=O)O. The van der Waals surface area contributed by atoms with Crippen LogP contribution >= 0.6 is 35.0 Å². The molecule has 1 aliphatic rings. The maximum absolute atomic E-state index is 12.5. The van der Waals surface area contributed by atoms with Crippen LogP contribution in [0.15, 0.2) is 48.2 Å². The van der Waals surface area contributed by atoms with Gasteiger partial charge in [0.15, 0.2) is 0 Å². The van der Waals surface area contributed by atoms with E-state index >= 15 is 0 Å². The Hall–Kier alpha value is -3.01. The molecule has 33 heavy (non-hydrogen) atoms. The number of rotatable bonds is 6. The van der Waals surface area contributed by atoms with Crippen molar-refractivity contribution in [3.63, 3.8) is 0 Å². The van der Waals surface area contributed by atoms with E-state index in [1.807, 2.05) is 0 Å². The van der Waals surface area contributed by atoms with E-state index in [4.69, 9.17) is 23.2 Å². The van der Waals surface area contributed by atoms with Crippen molar-refractivity contribution in [3.8, 4) is 0 Å². The Balaban J connectivity index is 1.72. The number of halogens is 2. The van der Waals surface area contributed by atoms with E-state index in [9.17, 15) is 24.3 Å². The Bertz CT molecular complexity index is 1120. The summed E-state index contributed by atoms with van der Waals surface area (Å²) in [4.78, 5) is 49.7. The van der Waals surface area contributed by atoms with Crippen molar-refractivity contribution in [1.82, 2.24) is 10.2 Å². The minimum atomic E-state index is -1.32. The standard InChI is InChI=1S/C22H19Cl2N3O5S/c1-12(28)27-11-33-10-18(27)20(29)26-17(22(31)32)9-13-5-7-14(8-6-13)25-21(30)19-15(23)3-2-4-16(19)24/h2-9,18H,10-11H2,1H3,(H,25,30)(H,26,29)(H,31,32)/b17-9-/t18-/m0/s1. The van der Waals surface area contributed by atoms with Crippen molar-refractivity contribution in [3.05, 3.63) is 69.3 Å². The number of carboxylic acid groups (broad SMARTS) is 1. The third-order valence-electron chi connectivity index (χ3n) is 4.75. The number of carbonyl (C=O) groups excluding carboxylic acids is 3. The van der Waals surface area contributed by atoms with E-state index in [2.05, 4.69) is 10.6 Å². The van der Waals surface area contributed by atoms with E-state index < -0.39 is 23.8 Å². The molecular weight excluding hydrogens is 489 g/mol. The number of anilines is 1. The summed E-state index contributed by atoms with van der Waals surface area (Å²) in [5.74, 6) is -1.86. The summed E-state index contributed by atoms with van der Waals surface area (Å²) in [6, 6.07) is 10.3. The number of hydrogen-bond acceptors (Lipinski definition) is 5. The van der Waals surface area contributed by atoms with Crippen molar-refractivity contribution < 1.29 is 24.3 Å². The average molecular weight is 508 g/mol. The molecule has 0 spiro atoms. The van der Waals surface area contributed by atoms with Crippen LogP contribution in [0.25, 0.3) is 6.08 Å². The number of carboxylic acids is 1. The quantitative estimate of drug-likeness (QED) is 0.513. The fourth-order valence-corrected chi connectivity index (χ4v) is 4.86. The molecule has 2 aromatic rings. The van der Waals surface area contributed by atoms with Crippen LogP contribution < -0.4 is 10.6 Å². The first kappa shape index (κ1) is 24.6. The Morgan fingerprint density at radius 1 is 1.09 bits per heavy atom. The summed E-state index contributed by atoms with van der Waals surface area (Å²) < 4.78 is 0. The lowest BCUT2D eigenvalue weighted by Gasteiger charge is -2.21. The van der Waals surface area contributed by atoms with Crippen LogP contribution in [-0.4, -0.2) is 51.4 Å². The van der Waals surface area contributed by atoms with Gasteiger partial charge in [-0.15, -0.1) is 11.8 Å². The fraction of sp³-hybridized carbons (Fsp3) is 0.182. The second-order valence-electron chi connectivity index (χ2n) is 7.03. The van der Waals surface area contributed by atoms with E-state index in [0.717, 1.165) is 0 Å². The molecule has 1 fully saturated rings. The first-order chi connectivity index (χ1) is 15.7. The smallest absolute Gasteiger partial charge is 0.352 e. The number of nitrogens with one attached hydrogen (secondary N) is 2. The monoisotopic (exact) mass is 507 g/mol. The molecule has 3 rings (SSSR count). The first-order valence-corrected chi connectivity index (χ1v) is 11.5. The lowest BCUT2D eigenvalue weighted by atomic mass is 10.1. The molecular formula is C22H19Cl2N3O5S. The molecule has 0 unspecified atom stereocenters. The number of aliphatic carboxylic acids is 1. The van der Waals surface area contributed by atoms with E-state index in [1.54, 1.807) is 42.5 Å². The van der Waals surface area contributed by atoms with Gasteiger partial charge in [0.25, 0.3) is 5.91 Å². The molecule has 0 bridgehead atoms. The zero-order valence-corrected chi connectivity index (χ0v) is 19.6. The van der Waals surface area contributed by atoms with Crippen LogP contribution in [0, 0.1) is 0 Å². The maximum Gasteiger partial charge on any atom is 0.352 e. The van der Waals surface area contributed by atoms with Crippen molar-refractivity contribution >= 4 is 70.4 Å². The van der Waals surface area contributed by atoms with Crippen molar-refractivity contribution in [2.24, 2.45) is 0 Å². The second-order valence-corrected chi connectivity index (χ2v) is 8.84. The van der Waals surface area contributed by atoms with Gasteiger partial charge in [-0.1, -0.05) is 41.4 Å². The largest absolute Gasteiger partial charge is 0.477 e. The van der Waals surface area contributed by atoms with Crippen LogP contribution in [0.3, 0.4) is 0 Å². The number of hydrogen-bond donors (Lipinski definition) is 3. The topological polar surface area (TPSA) is 116 Å². The molecule has 1 atom stereocenters. The van der Waals surface area contributed by atoms with Gasteiger partial charge in [-0.05, 0) is 35.9 Å². The molecule has 0 radical (unpaired) electrons. The molecule has 0 saturated carbocycles. The summed E-state index contributed by atoms with van der Waals surface area (Å²) in [6.07, 6.45) is 1.29. The third-order valence-corrected chi connectivity index (χ3v) is 6.39. The minimum absolute atomic E-state index is 0.144. The normalized spacial score (nSPS) is 15.8. The highest BCUT2D eigenvalue weighted by atomic mass is 35.5. The molecule has 8 nitrogen and oxygen atoms in total. The Labute approximate surface area is 203 Å². The number of amides is 3. The lowest BCUT2D eigenvalue weighted by molar-refractivity contribution is -0.137. The van der Waals surface area contributed by atoms with Gasteiger partial charge in [0.1, 0.15) is 11.7 Å². The number of thioether (sulfide) groups is 1. The molecule has 0 aromatic heterocycles. The van der Waals surface area contributed by atoms with Gasteiger partial charge in [0, 0.05) is 18.4 Å². The Kier molecular flexibility index (Phi) is 8.01. The molecule has 172 valence electrons. The summed E-state index contributed by atoms with van der Waals surface area (Å²) >= 11 is 13.5. The van der Waals surface area contributed by atoms with Gasteiger partial charge in [0.05, 0.1) is 21.5 Å². The third kappa shape index (κ3) is 6.07. The van der Waals surface area contributed by atoms with Gasteiger partial charge in [-0.3, -0.25) is 14.4 Å². The molecule has 3 amide bonds.